The Bertz CT molecular complexity index is 1420. The summed E-state index contributed by atoms with van der Waals surface area (Å²) in [7, 11) is 1.79. The van der Waals surface area contributed by atoms with E-state index in [1.807, 2.05) is 37.3 Å². The largest absolute Gasteiger partial charge is 0.356 e. The minimum Gasteiger partial charge on any atom is -0.356 e. The quantitative estimate of drug-likeness (QED) is 0.363. The summed E-state index contributed by atoms with van der Waals surface area (Å²) in [5.41, 5.74) is 3.11. The van der Waals surface area contributed by atoms with Crippen LogP contribution < -0.4 is 10.6 Å². The number of hydrogen-bond donors (Lipinski definition) is 3. The molecule has 2 heterocycles. The number of hydrogen-bond acceptors (Lipinski definition) is 5. The summed E-state index contributed by atoms with van der Waals surface area (Å²) < 4.78 is 13.4. The summed E-state index contributed by atoms with van der Waals surface area (Å²) in [6, 6.07) is 13.0. The molecule has 39 heavy (non-hydrogen) atoms. The highest BCUT2D eigenvalue weighted by Crippen LogP contribution is 2.44. The third-order valence-electron chi connectivity index (χ3n) is 7.37. The molecule has 5 rings (SSSR count). The van der Waals surface area contributed by atoms with Gasteiger partial charge in [-0.3, -0.25) is 14.4 Å². The number of amides is 2. The number of ketones is 1. The summed E-state index contributed by atoms with van der Waals surface area (Å²) in [4.78, 5) is 48.8. The van der Waals surface area contributed by atoms with E-state index in [2.05, 4.69) is 34.4 Å². The van der Waals surface area contributed by atoms with E-state index < -0.39 is 23.4 Å². The van der Waals surface area contributed by atoms with Gasteiger partial charge < -0.3 is 20.5 Å². The SMILES string of the molecule is CC(C)CN(C)C(=O)C1(C)CC(=O)c2c([nH]c(-c3ccnc(NC(=O)[C@@H]4C[C@@H]4F)c3)c2Nc2ccccc2)C1. The molecule has 9 heteroatoms. The number of aromatic amines is 1. The third-order valence-corrected chi connectivity index (χ3v) is 7.37. The van der Waals surface area contributed by atoms with E-state index in [-0.39, 0.29) is 24.5 Å². The van der Waals surface area contributed by atoms with E-state index in [9.17, 15) is 18.8 Å². The highest BCUT2D eigenvalue weighted by Gasteiger charge is 2.45. The van der Waals surface area contributed by atoms with Crippen molar-refractivity contribution >= 4 is 34.8 Å². The molecule has 0 bridgehead atoms. The zero-order valence-electron chi connectivity index (χ0n) is 22.7. The van der Waals surface area contributed by atoms with Crippen LogP contribution >= 0.6 is 0 Å². The Morgan fingerprint density at radius 2 is 1.92 bits per heavy atom. The minimum absolute atomic E-state index is 0.0518. The molecule has 2 amide bonds. The Kier molecular flexibility index (Phi) is 7.01. The fourth-order valence-corrected chi connectivity index (χ4v) is 5.45. The highest BCUT2D eigenvalue weighted by atomic mass is 19.1. The molecule has 8 nitrogen and oxygen atoms in total. The first-order valence-electron chi connectivity index (χ1n) is 13.3. The second-order valence-corrected chi connectivity index (χ2v) is 11.4. The zero-order chi connectivity index (χ0) is 27.9. The Morgan fingerprint density at radius 1 is 1.21 bits per heavy atom. The van der Waals surface area contributed by atoms with Crippen LogP contribution in [0.3, 0.4) is 0 Å². The van der Waals surface area contributed by atoms with Gasteiger partial charge in [-0.05, 0) is 43.5 Å². The smallest absolute Gasteiger partial charge is 0.231 e. The van der Waals surface area contributed by atoms with Gasteiger partial charge in [0.25, 0.3) is 0 Å². The van der Waals surface area contributed by atoms with Gasteiger partial charge >= 0.3 is 0 Å². The summed E-state index contributed by atoms with van der Waals surface area (Å²) in [5.74, 6) is -0.578. The van der Waals surface area contributed by atoms with E-state index in [1.54, 1.807) is 30.3 Å². The first kappa shape index (κ1) is 26.6. The number of nitrogens with one attached hydrogen (secondary N) is 3. The summed E-state index contributed by atoms with van der Waals surface area (Å²) in [6.45, 7) is 6.58. The van der Waals surface area contributed by atoms with Crippen LogP contribution in [-0.4, -0.2) is 52.2 Å². The fraction of sp³-hybridized carbons (Fsp3) is 0.400. The van der Waals surface area contributed by atoms with Gasteiger partial charge in [0.2, 0.25) is 11.8 Å². The maximum atomic E-state index is 13.7. The molecule has 2 aliphatic rings. The molecule has 1 unspecified atom stereocenters. The van der Waals surface area contributed by atoms with Gasteiger partial charge in [0.1, 0.15) is 12.0 Å². The number of fused-ring (bicyclic) bond motifs is 1. The van der Waals surface area contributed by atoms with Crippen molar-refractivity contribution in [1.82, 2.24) is 14.9 Å². The lowest BCUT2D eigenvalue weighted by Gasteiger charge is -2.35. The van der Waals surface area contributed by atoms with Crippen LogP contribution in [0.15, 0.2) is 48.7 Å². The van der Waals surface area contributed by atoms with Gasteiger partial charge in [-0.1, -0.05) is 32.0 Å². The maximum absolute atomic E-state index is 13.7. The van der Waals surface area contributed by atoms with Crippen molar-refractivity contribution in [3.63, 3.8) is 0 Å². The average molecular weight is 532 g/mol. The Balaban J connectivity index is 1.53. The second-order valence-electron chi connectivity index (χ2n) is 11.4. The van der Waals surface area contributed by atoms with Gasteiger partial charge in [0, 0.05) is 49.6 Å². The standard InChI is InChI=1S/C30H34FN5O3/c1-17(2)16-36(4)29(39)30(3)14-22-25(23(37)15-30)27(33-19-8-6-5-7-9-19)26(34-22)18-10-11-32-24(12-18)35-28(38)20-13-21(20)31/h5-12,17,20-21,33-34H,13-16H2,1-4H3,(H,32,35,38)/t20-,21+,30?/m1/s1. The molecular formula is C30H34FN5O3. The molecule has 3 N–H and O–H groups in total. The number of para-hydroxylation sites is 1. The predicted octanol–water partition coefficient (Wildman–Crippen LogP) is 5.37. The maximum Gasteiger partial charge on any atom is 0.231 e. The number of benzene rings is 1. The number of carbonyl (C=O) groups is 3. The average Bonchev–Trinajstić information content (AvgIpc) is 3.52. The summed E-state index contributed by atoms with van der Waals surface area (Å²) in [5, 5.41) is 6.10. The van der Waals surface area contributed by atoms with Crippen LogP contribution in [0.25, 0.3) is 11.3 Å². The molecule has 0 aliphatic heterocycles. The highest BCUT2D eigenvalue weighted by molar-refractivity contribution is 6.10. The number of anilines is 3. The molecule has 1 aromatic carbocycles. The van der Waals surface area contributed by atoms with E-state index in [0.717, 1.165) is 5.69 Å². The number of carbonyl (C=O) groups excluding carboxylic acids is 3. The van der Waals surface area contributed by atoms with Crippen LogP contribution in [0.5, 0.6) is 0 Å². The van der Waals surface area contributed by atoms with Gasteiger partial charge in [-0.2, -0.15) is 0 Å². The van der Waals surface area contributed by atoms with E-state index in [4.69, 9.17) is 0 Å². The first-order chi connectivity index (χ1) is 18.6. The van der Waals surface area contributed by atoms with Gasteiger partial charge in [0.15, 0.2) is 5.78 Å². The molecule has 3 atom stereocenters. The molecular weight excluding hydrogens is 497 g/mol. The van der Waals surface area contributed by atoms with Crippen molar-refractivity contribution < 1.29 is 18.8 Å². The normalized spacial score (nSPS) is 21.8. The molecule has 1 fully saturated rings. The predicted molar refractivity (Wildman–Crippen MR) is 149 cm³/mol. The van der Waals surface area contributed by atoms with Crippen LogP contribution in [0.4, 0.5) is 21.6 Å². The first-order valence-corrected chi connectivity index (χ1v) is 13.3. The van der Waals surface area contributed by atoms with Crippen LogP contribution in [0.1, 0.15) is 49.7 Å². The van der Waals surface area contributed by atoms with E-state index in [1.165, 1.54) is 0 Å². The van der Waals surface area contributed by atoms with Crippen molar-refractivity contribution in [2.24, 2.45) is 17.3 Å². The number of halogens is 1. The van der Waals surface area contributed by atoms with Crippen molar-refractivity contribution in [3.05, 3.63) is 59.9 Å². The Hall–Kier alpha value is -4.01. The topological polar surface area (TPSA) is 107 Å². The van der Waals surface area contributed by atoms with Crippen LogP contribution in [-0.2, 0) is 16.0 Å². The minimum atomic E-state index is -1.10. The molecule has 0 spiro atoms. The van der Waals surface area contributed by atoms with Crippen molar-refractivity contribution in [1.29, 1.82) is 0 Å². The molecule has 2 aromatic heterocycles. The van der Waals surface area contributed by atoms with E-state index >= 15 is 0 Å². The zero-order valence-corrected chi connectivity index (χ0v) is 22.7. The molecule has 0 saturated heterocycles. The third kappa shape index (κ3) is 5.44. The number of rotatable bonds is 8. The number of alkyl halides is 1. The number of aromatic nitrogens is 2. The fourth-order valence-electron chi connectivity index (χ4n) is 5.45. The Morgan fingerprint density at radius 3 is 2.59 bits per heavy atom. The lowest BCUT2D eigenvalue weighted by molar-refractivity contribution is -0.140. The number of nitrogens with zero attached hydrogens (tertiary/aromatic N) is 2. The van der Waals surface area contributed by atoms with Crippen LogP contribution in [0.2, 0.25) is 0 Å². The molecule has 204 valence electrons. The van der Waals surface area contributed by atoms with E-state index in [0.29, 0.717) is 52.9 Å². The second kappa shape index (κ2) is 10.3. The molecule has 1 saturated carbocycles. The number of pyridine rings is 1. The van der Waals surface area contributed by atoms with Crippen molar-refractivity contribution in [2.45, 2.75) is 46.2 Å². The van der Waals surface area contributed by atoms with Crippen LogP contribution in [0, 0.1) is 17.3 Å². The number of H-pyrrole nitrogens is 1. The summed E-state index contributed by atoms with van der Waals surface area (Å²) in [6.07, 6.45) is 1.17. The Labute approximate surface area is 227 Å². The lowest BCUT2D eigenvalue weighted by Crippen LogP contribution is -2.46. The van der Waals surface area contributed by atoms with Gasteiger partial charge in [-0.15, -0.1) is 0 Å². The lowest BCUT2D eigenvalue weighted by atomic mass is 9.73. The van der Waals surface area contributed by atoms with Gasteiger partial charge in [0.05, 0.1) is 28.3 Å². The van der Waals surface area contributed by atoms with Crippen molar-refractivity contribution in [3.8, 4) is 11.3 Å². The monoisotopic (exact) mass is 531 g/mol. The van der Waals surface area contributed by atoms with Gasteiger partial charge in [-0.25, -0.2) is 9.37 Å². The molecule has 0 radical (unpaired) electrons. The van der Waals surface area contributed by atoms with Crippen molar-refractivity contribution in [2.75, 3.05) is 24.2 Å². The molecule has 3 aromatic rings. The summed E-state index contributed by atoms with van der Waals surface area (Å²) >= 11 is 0. The number of Topliss-reactive ketones (excluding diaryl/α,β-unsaturated/α-hetero) is 1. The molecule has 2 aliphatic carbocycles.